The molecule has 4 nitrogen and oxygen atoms in total. The van der Waals surface area contributed by atoms with E-state index in [1.165, 1.54) is 0 Å². The molecule has 1 aliphatic heterocycles. The Kier molecular flexibility index (Phi) is 3.86. The van der Waals surface area contributed by atoms with E-state index in [0.717, 1.165) is 44.5 Å². The summed E-state index contributed by atoms with van der Waals surface area (Å²) in [5.74, 6) is 1.51. The summed E-state index contributed by atoms with van der Waals surface area (Å²) in [4.78, 5) is 4.43. The van der Waals surface area contributed by atoms with Gasteiger partial charge in [0.1, 0.15) is 22.5 Å². The van der Waals surface area contributed by atoms with Crippen molar-refractivity contribution < 1.29 is 14.3 Å². The third-order valence-corrected chi connectivity index (χ3v) is 3.81. The highest BCUT2D eigenvalue weighted by Gasteiger charge is 2.12. The number of hydrogen-bond acceptors (Lipinski definition) is 4. The number of hydrogen-bond donors (Lipinski definition) is 1. The predicted molar refractivity (Wildman–Crippen MR) is 86.2 cm³/mol. The number of ether oxygens (including phenoxy) is 1. The third-order valence-electron chi connectivity index (χ3n) is 3.81. The molecule has 2 aliphatic rings. The van der Waals surface area contributed by atoms with Gasteiger partial charge in [0, 0.05) is 23.6 Å². The first-order chi connectivity index (χ1) is 10.7. The van der Waals surface area contributed by atoms with Gasteiger partial charge >= 0.3 is 0 Å². The van der Waals surface area contributed by atoms with E-state index >= 15 is 0 Å². The van der Waals surface area contributed by atoms with Crippen LogP contribution >= 0.6 is 0 Å². The van der Waals surface area contributed by atoms with Crippen LogP contribution < -0.4 is 10.1 Å². The van der Waals surface area contributed by atoms with Crippen LogP contribution in [0.4, 0.5) is 0 Å². The first-order valence-corrected chi connectivity index (χ1v) is 7.32. The van der Waals surface area contributed by atoms with Crippen LogP contribution in [0.25, 0.3) is 22.3 Å². The van der Waals surface area contributed by atoms with E-state index in [1.54, 1.807) is 7.11 Å². The van der Waals surface area contributed by atoms with E-state index in [1.807, 2.05) is 44.2 Å². The number of aliphatic hydroxyl groups is 1. The molecule has 0 unspecified atom stereocenters. The number of aliphatic hydroxyl groups excluding tert-OH is 1. The molecule has 3 rings (SSSR count). The lowest BCUT2D eigenvalue weighted by molar-refractivity contribution is 0.281. The molecule has 1 aliphatic carbocycles. The van der Waals surface area contributed by atoms with Crippen LogP contribution in [0.15, 0.2) is 39.7 Å². The number of aryl methyl sites for hydroxylation is 1. The van der Waals surface area contributed by atoms with Crippen molar-refractivity contribution in [2.45, 2.75) is 20.5 Å². The van der Waals surface area contributed by atoms with Crippen molar-refractivity contribution in [1.82, 2.24) is 0 Å². The van der Waals surface area contributed by atoms with Gasteiger partial charge in [-0.15, -0.1) is 0 Å². The Balaban J connectivity index is 2.33. The summed E-state index contributed by atoms with van der Waals surface area (Å²) in [6.07, 6.45) is 0. The highest BCUT2D eigenvalue weighted by Crippen LogP contribution is 2.30. The maximum atomic E-state index is 9.41. The first-order valence-electron chi connectivity index (χ1n) is 7.32. The van der Waals surface area contributed by atoms with Gasteiger partial charge in [-0.2, -0.15) is 0 Å². The second-order valence-corrected chi connectivity index (χ2v) is 5.26. The summed E-state index contributed by atoms with van der Waals surface area (Å²) in [6.45, 7) is 4.67. The Morgan fingerprint density at radius 1 is 1.18 bits per heavy atom. The van der Waals surface area contributed by atoms with E-state index in [9.17, 15) is 5.11 Å². The Hall–Kier alpha value is -2.33. The zero-order valence-corrected chi connectivity index (χ0v) is 13.0. The molecule has 0 fully saturated rings. The van der Waals surface area contributed by atoms with Crippen LogP contribution in [-0.2, 0) is 6.61 Å². The molecule has 0 atom stereocenters. The number of benzene rings is 2. The number of fused-ring (bicyclic) bond motifs is 2. The monoisotopic (exact) mass is 297 g/mol. The Bertz CT molecular complexity index is 864. The van der Waals surface area contributed by atoms with Crippen LogP contribution in [0.3, 0.4) is 0 Å². The van der Waals surface area contributed by atoms with E-state index < -0.39 is 0 Å². The summed E-state index contributed by atoms with van der Waals surface area (Å²) < 4.78 is 11.4. The van der Waals surface area contributed by atoms with Gasteiger partial charge in [0.25, 0.3) is 0 Å². The van der Waals surface area contributed by atoms with Gasteiger partial charge in [-0.1, -0.05) is 0 Å². The van der Waals surface area contributed by atoms with Gasteiger partial charge in [-0.3, -0.25) is 4.99 Å². The van der Waals surface area contributed by atoms with Crippen molar-refractivity contribution in [2.75, 3.05) is 13.7 Å². The van der Waals surface area contributed by atoms with Gasteiger partial charge in [0.15, 0.2) is 0 Å². The molecule has 0 aromatic heterocycles. The maximum absolute atomic E-state index is 9.41. The number of nitrogens with zero attached hydrogens (tertiary/aromatic N) is 1. The van der Waals surface area contributed by atoms with Crippen molar-refractivity contribution in [3.8, 4) is 17.1 Å². The van der Waals surface area contributed by atoms with Gasteiger partial charge in [0.2, 0.25) is 0 Å². The minimum Gasteiger partial charge on any atom is -0.494 e. The van der Waals surface area contributed by atoms with E-state index in [4.69, 9.17) is 9.15 Å². The lowest BCUT2D eigenvalue weighted by Gasteiger charge is -2.11. The van der Waals surface area contributed by atoms with Crippen LogP contribution in [-0.4, -0.2) is 18.8 Å². The summed E-state index contributed by atoms with van der Waals surface area (Å²) in [5, 5.41) is 11.2. The molecule has 22 heavy (non-hydrogen) atoms. The fourth-order valence-electron chi connectivity index (χ4n) is 2.63. The highest BCUT2D eigenvalue weighted by atomic mass is 16.5. The second-order valence-electron chi connectivity index (χ2n) is 5.26. The molecular formula is C18H19NO3. The van der Waals surface area contributed by atoms with E-state index in [-0.39, 0.29) is 6.61 Å². The Morgan fingerprint density at radius 2 is 2.00 bits per heavy atom. The predicted octanol–water partition coefficient (Wildman–Crippen LogP) is 3.27. The van der Waals surface area contributed by atoms with Gasteiger partial charge in [-0.05, 0) is 49.2 Å². The van der Waals surface area contributed by atoms with Crippen molar-refractivity contribution in [1.29, 1.82) is 0 Å². The molecule has 4 heteroatoms. The molecule has 1 heterocycles. The molecule has 0 bridgehead atoms. The summed E-state index contributed by atoms with van der Waals surface area (Å²) in [7, 11) is 1.64. The largest absolute Gasteiger partial charge is 0.494 e. The van der Waals surface area contributed by atoms with Gasteiger partial charge < -0.3 is 14.3 Å². The van der Waals surface area contributed by atoms with Crippen LogP contribution in [0, 0.1) is 6.92 Å². The van der Waals surface area contributed by atoms with Crippen LogP contribution in [0.2, 0.25) is 0 Å². The molecule has 114 valence electrons. The van der Waals surface area contributed by atoms with Crippen molar-refractivity contribution in [2.24, 2.45) is 4.99 Å². The standard InChI is InChI=1S/C18H19NO3/c1-4-19-15-9-17-13(8-18(15)21-3)6-12-7-14(10-20)11(2)5-16(12)22-17/h5-9,20H,4,10H2,1-3H3. The minimum absolute atomic E-state index is 0.0252. The van der Waals surface area contributed by atoms with E-state index in [0.29, 0.717) is 6.54 Å². The third kappa shape index (κ3) is 2.46. The number of methoxy groups -OCH3 is 1. The van der Waals surface area contributed by atoms with E-state index in [2.05, 4.69) is 4.99 Å². The van der Waals surface area contributed by atoms with Crippen LogP contribution in [0.5, 0.6) is 5.75 Å². The fourth-order valence-corrected chi connectivity index (χ4v) is 2.63. The van der Waals surface area contributed by atoms with Crippen LogP contribution in [0.1, 0.15) is 18.1 Å². The average Bonchev–Trinajstić information content (AvgIpc) is 2.52. The Morgan fingerprint density at radius 3 is 2.68 bits per heavy atom. The lowest BCUT2D eigenvalue weighted by atomic mass is 10.0. The summed E-state index contributed by atoms with van der Waals surface area (Å²) >= 11 is 0. The first kappa shape index (κ1) is 14.6. The highest BCUT2D eigenvalue weighted by molar-refractivity contribution is 5.84. The zero-order chi connectivity index (χ0) is 15.7. The van der Waals surface area contributed by atoms with Gasteiger partial charge in [0.05, 0.1) is 13.7 Å². The lowest BCUT2D eigenvalue weighted by Crippen LogP contribution is -2.08. The molecule has 1 N–H and O–H groups in total. The maximum Gasteiger partial charge on any atom is 0.144 e. The topological polar surface area (TPSA) is 55.0 Å². The molecule has 0 amide bonds. The fraction of sp³-hybridized carbons (Fsp3) is 0.278. The molecule has 0 saturated heterocycles. The molecule has 1 aromatic rings. The molecular weight excluding hydrogens is 278 g/mol. The number of rotatable bonds is 3. The molecule has 0 saturated carbocycles. The van der Waals surface area contributed by atoms with Crippen molar-refractivity contribution >= 4 is 11.0 Å². The summed E-state index contributed by atoms with van der Waals surface area (Å²) in [5.41, 5.74) is 3.68. The van der Waals surface area contributed by atoms with Gasteiger partial charge in [-0.25, -0.2) is 0 Å². The zero-order valence-electron chi connectivity index (χ0n) is 13.0. The van der Waals surface area contributed by atoms with Crippen molar-refractivity contribution in [3.63, 3.8) is 0 Å². The molecule has 1 aromatic carbocycles. The second kappa shape index (κ2) is 5.81. The molecule has 0 radical (unpaired) electrons. The average molecular weight is 297 g/mol. The Labute approximate surface area is 129 Å². The summed E-state index contributed by atoms with van der Waals surface area (Å²) in [6, 6.07) is 9.81. The minimum atomic E-state index is 0.0252. The smallest absolute Gasteiger partial charge is 0.144 e. The van der Waals surface area contributed by atoms with Crippen molar-refractivity contribution in [3.05, 3.63) is 46.8 Å². The molecule has 0 spiro atoms. The normalized spacial score (nSPS) is 12.3. The quantitative estimate of drug-likeness (QED) is 0.755. The SMILES string of the molecule is CCN=c1cc2oc3cc(C)c(CO)cc3cc-2cc1OC.